The third-order valence-corrected chi connectivity index (χ3v) is 6.02. The maximum Gasteiger partial charge on any atom is 0.534 e. The molecule has 3 aromatic rings. The average molecular weight is 411 g/mol. The topological polar surface area (TPSA) is 43.4 Å². The van der Waals surface area contributed by atoms with Crippen LogP contribution < -0.4 is 4.18 Å². The Bertz CT molecular complexity index is 977. The number of benzene rings is 2. The number of fused-ring (bicyclic) bond motifs is 3. The van der Waals surface area contributed by atoms with Gasteiger partial charge in [-0.25, -0.2) is 0 Å². The van der Waals surface area contributed by atoms with E-state index in [9.17, 15) is 21.6 Å². The van der Waals surface area contributed by atoms with Gasteiger partial charge in [0.1, 0.15) is 5.75 Å². The second kappa shape index (κ2) is 5.10. The summed E-state index contributed by atoms with van der Waals surface area (Å²) < 4.78 is 65.6. The molecule has 0 atom stereocenters. The van der Waals surface area contributed by atoms with E-state index in [2.05, 4.69) is 20.1 Å². The molecule has 0 unspecified atom stereocenters. The molecular weight excluding hydrogens is 405 g/mol. The smallest absolute Gasteiger partial charge is 0.376 e. The van der Waals surface area contributed by atoms with Gasteiger partial charge in [0.25, 0.3) is 0 Å². The van der Waals surface area contributed by atoms with Gasteiger partial charge in [-0.1, -0.05) is 12.1 Å². The predicted molar refractivity (Wildman–Crippen MR) is 82.6 cm³/mol. The number of alkyl halides is 3. The molecule has 0 fully saturated rings. The maximum atomic E-state index is 12.3. The highest BCUT2D eigenvalue weighted by Gasteiger charge is 2.48. The summed E-state index contributed by atoms with van der Waals surface area (Å²) in [5.41, 5.74) is -5.45. The van der Waals surface area contributed by atoms with Crippen LogP contribution in [0.2, 0.25) is 0 Å². The maximum absolute atomic E-state index is 12.3. The third kappa shape index (κ3) is 2.57. The van der Waals surface area contributed by atoms with Gasteiger partial charge in [0, 0.05) is 24.6 Å². The van der Waals surface area contributed by atoms with Gasteiger partial charge in [-0.15, -0.1) is 11.3 Å². The summed E-state index contributed by atoms with van der Waals surface area (Å²) in [5.74, 6) is -0.368. The van der Waals surface area contributed by atoms with E-state index in [0.29, 0.717) is 4.70 Å². The van der Waals surface area contributed by atoms with Crippen molar-refractivity contribution in [1.82, 2.24) is 0 Å². The second-order valence-corrected chi connectivity index (χ2v) is 7.80. The Morgan fingerprint density at radius 3 is 2.50 bits per heavy atom. The number of halogens is 4. The van der Waals surface area contributed by atoms with Gasteiger partial charge in [0.05, 0.1) is 0 Å². The van der Waals surface area contributed by atoms with Crippen molar-refractivity contribution in [2.24, 2.45) is 0 Å². The van der Waals surface area contributed by atoms with Crippen molar-refractivity contribution in [3.05, 3.63) is 40.9 Å². The molecule has 116 valence electrons. The van der Waals surface area contributed by atoms with Crippen LogP contribution in [0.1, 0.15) is 0 Å². The molecule has 22 heavy (non-hydrogen) atoms. The molecule has 9 heteroatoms. The van der Waals surface area contributed by atoms with Crippen LogP contribution >= 0.6 is 27.3 Å². The van der Waals surface area contributed by atoms with Crippen LogP contribution in [0.4, 0.5) is 13.2 Å². The van der Waals surface area contributed by atoms with Gasteiger partial charge in [-0.2, -0.15) is 21.6 Å². The number of rotatable bonds is 2. The molecule has 0 aliphatic rings. The number of hydrogen-bond acceptors (Lipinski definition) is 4. The Kier molecular flexibility index (Phi) is 3.61. The van der Waals surface area contributed by atoms with E-state index in [1.54, 1.807) is 6.07 Å². The zero-order chi connectivity index (χ0) is 16.1. The highest BCUT2D eigenvalue weighted by Crippen LogP contribution is 2.40. The van der Waals surface area contributed by atoms with Gasteiger partial charge < -0.3 is 4.18 Å². The zero-order valence-corrected chi connectivity index (χ0v) is 13.7. The van der Waals surface area contributed by atoms with Crippen LogP contribution in [0.5, 0.6) is 5.75 Å². The lowest BCUT2D eigenvalue weighted by Gasteiger charge is -2.09. The first-order valence-corrected chi connectivity index (χ1v) is 8.82. The van der Waals surface area contributed by atoms with Crippen molar-refractivity contribution in [3.63, 3.8) is 0 Å². The van der Waals surface area contributed by atoms with Gasteiger partial charge in [-0.05, 0) is 40.2 Å². The van der Waals surface area contributed by atoms with Crippen molar-refractivity contribution in [1.29, 1.82) is 0 Å². The van der Waals surface area contributed by atoms with Crippen molar-refractivity contribution in [2.45, 2.75) is 5.51 Å². The van der Waals surface area contributed by atoms with Crippen molar-refractivity contribution in [3.8, 4) is 5.75 Å². The summed E-state index contributed by atoms with van der Waals surface area (Å²) in [7, 11) is -5.66. The van der Waals surface area contributed by atoms with E-state index < -0.39 is 15.6 Å². The Balaban J connectivity index is 2.12. The van der Waals surface area contributed by atoms with Crippen LogP contribution in [-0.4, -0.2) is 13.9 Å². The van der Waals surface area contributed by atoms with E-state index in [4.69, 9.17) is 0 Å². The van der Waals surface area contributed by atoms with Crippen LogP contribution in [0.3, 0.4) is 0 Å². The molecular formula is C13H6BrF3O3S2. The van der Waals surface area contributed by atoms with Gasteiger partial charge >= 0.3 is 15.6 Å². The fourth-order valence-electron chi connectivity index (χ4n) is 1.97. The molecule has 1 aromatic heterocycles. The zero-order valence-electron chi connectivity index (χ0n) is 10.5. The minimum Gasteiger partial charge on any atom is -0.376 e. The Hall–Kier alpha value is -1.32. The highest BCUT2D eigenvalue weighted by atomic mass is 79.9. The van der Waals surface area contributed by atoms with Crippen LogP contribution in [-0.2, 0) is 10.1 Å². The van der Waals surface area contributed by atoms with Gasteiger partial charge in [0.2, 0.25) is 0 Å². The normalized spacial score (nSPS) is 12.9. The highest BCUT2D eigenvalue weighted by molar-refractivity contribution is 9.10. The first-order valence-electron chi connectivity index (χ1n) is 5.80. The summed E-state index contributed by atoms with van der Waals surface area (Å²) >= 11 is 4.74. The minimum atomic E-state index is -5.66. The molecule has 0 N–H and O–H groups in total. The van der Waals surface area contributed by atoms with Crippen LogP contribution in [0, 0.1) is 0 Å². The fourth-order valence-corrected chi connectivity index (χ4v) is 4.17. The lowest BCUT2D eigenvalue weighted by molar-refractivity contribution is -0.0500. The Labute approximate surface area is 135 Å². The summed E-state index contributed by atoms with van der Waals surface area (Å²) in [6.07, 6.45) is 0. The van der Waals surface area contributed by atoms with Crippen molar-refractivity contribution in [2.75, 3.05) is 0 Å². The molecule has 0 radical (unpaired) electrons. The molecule has 1 heterocycles. The van der Waals surface area contributed by atoms with Crippen LogP contribution in [0.25, 0.3) is 20.2 Å². The molecule has 0 aliphatic heterocycles. The lowest BCUT2D eigenvalue weighted by atomic mass is 10.1. The fraction of sp³-hybridized carbons (Fsp3) is 0.0769. The van der Waals surface area contributed by atoms with E-state index >= 15 is 0 Å². The largest absolute Gasteiger partial charge is 0.534 e. The molecule has 0 spiro atoms. The Morgan fingerprint density at radius 1 is 1.09 bits per heavy atom. The first kappa shape index (κ1) is 15.6. The second-order valence-electron chi connectivity index (χ2n) is 4.36. The monoisotopic (exact) mass is 410 g/mol. The predicted octanol–water partition coefficient (Wildman–Crippen LogP) is 5.05. The average Bonchev–Trinajstić information content (AvgIpc) is 2.76. The van der Waals surface area contributed by atoms with Crippen molar-refractivity contribution < 1.29 is 25.8 Å². The minimum absolute atomic E-state index is 0.368. The molecule has 3 rings (SSSR count). The molecule has 2 aromatic carbocycles. The summed E-state index contributed by atoms with van der Waals surface area (Å²) in [6, 6.07) is 9.61. The standard InChI is InChI=1S/C13H6BrF3O3S2/c14-10-3-1-2-9-8-5-4-7(6-11(8)21-12(9)10)20-22(18,19)13(15,16)17/h1-6H. The first-order chi connectivity index (χ1) is 10.2. The van der Waals surface area contributed by atoms with Crippen molar-refractivity contribution >= 4 is 57.6 Å². The van der Waals surface area contributed by atoms with E-state index in [1.807, 2.05) is 18.2 Å². The molecule has 0 aliphatic carbocycles. The molecule has 0 saturated carbocycles. The van der Waals surface area contributed by atoms with Crippen LogP contribution in [0.15, 0.2) is 40.9 Å². The summed E-state index contributed by atoms with van der Waals surface area (Å²) in [4.78, 5) is 0. The molecule has 0 bridgehead atoms. The van der Waals surface area contributed by atoms with E-state index in [0.717, 1.165) is 19.9 Å². The summed E-state index contributed by atoms with van der Waals surface area (Å²) in [5, 5.41) is 1.75. The molecule has 3 nitrogen and oxygen atoms in total. The van der Waals surface area contributed by atoms with Gasteiger partial charge in [-0.3, -0.25) is 0 Å². The third-order valence-electron chi connectivity index (χ3n) is 2.91. The number of hydrogen-bond donors (Lipinski definition) is 0. The lowest BCUT2D eigenvalue weighted by Crippen LogP contribution is -2.27. The summed E-state index contributed by atoms with van der Waals surface area (Å²) in [6.45, 7) is 0. The molecule has 0 amide bonds. The van der Waals surface area contributed by atoms with E-state index in [1.165, 1.54) is 23.5 Å². The molecule has 0 saturated heterocycles. The Morgan fingerprint density at radius 2 is 1.82 bits per heavy atom. The van der Waals surface area contributed by atoms with E-state index in [-0.39, 0.29) is 5.75 Å². The quantitative estimate of drug-likeness (QED) is 0.438. The number of thiophene rings is 1. The SMILES string of the molecule is O=S(=O)(Oc1ccc2c(c1)sc1c(Br)cccc12)C(F)(F)F. The van der Waals surface area contributed by atoms with Gasteiger partial charge in [0.15, 0.2) is 0 Å².